The molecule has 0 atom stereocenters. The van der Waals surface area contributed by atoms with Gasteiger partial charge in [-0.25, -0.2) is 0 Å². The number of halogens is 1. The van der Waals surface area contributed by atoms with Gasteiger partial charge in [-0.3, -0.25) is 0 Å². The number of benzene rings is 1. The first kappa shape index (κ1) is 8.85. The normalized spacial score (nSPS) is 10.7. The van der Waals surface area contributed by atoms with Crippen molar-refractivity contribution < 1.29 is 4.74 Å². The van der Waals surface area contributed by atoms with Crippen LogP contribution in [0.1, 0.15) is 5.56 Å². The van der Waals surface area contributed by atoms with E-state index in [1.54, 1.807) is 18.4 Å². The maximum Gasteiger partial charge on any atom is 0.137 e. The smallest absolute Gasteiger partial charge is 0.137 e. The van der Waals surface area contributed by atoms with E-state index in [0.717, 1.165) is 10.8 Å². The Labute approximate surface area is 85.9 Å². The van der Waals surface area contributed by atoms with E-state index in [2.05, 4.69) is 0 Å². The van der Waals surface area contributed by atoms with Crippen LogP contribution >= 0.6 is 22.9 Å². The summed E-state index contributed by atoms with van der Waals surface area (Å²) in [6.07, 6.45) is 0. The second-order valence-corrected chi connectivity index (χ2v) is 4.25. The molecule has 1 aromatic heterocycles. The van der Waals surface area contributed by atoms with E-state index in [1.165, 1.54) is 15.6 Å². The number of thiophene rings is 1. The summed E-state index contributed by atoms with van der Waals surface area (Å²) in [5.74, 6) is 0.939. The monoisotopic (exact) mass is 212 g/mol. The van der Waals surface area contributed by atoms with Crippen molar-refractivity contribution in [2.75, 3.05) is 7.11 Å². The van der Waals surface area contributed by atoms with Crippen molar-refractivity contribution in [3.05, 3.63) is 28.1 Å². The van der Waals surface area contributed by atoms with Gasteiger partial charge in [0.25, 0.3) is 0 Å². The summed E-state index contributed by atoms with van der Waals surface area (Å²) in [4.78, 5) is 0. The molecule has 0 aliphatic rings. The third-order valence-corrected chi connectivity index (χ3v) is 3.15. The molecule has 0 aliphatic heterocycles. The topological polar surface area (TPSA) is 9.23 Å². The SMILES string of the molecule is COc1csc2cc(Cl)cc(C)c12. The van der Waals surface area contributed by atoms with Gasteiger partial charge in [0.05, 0.1) is 7.11 Å². The van der Waals surface area contributed by atoms with Crippen molar-refractivity contribution in [3.63, 3.8) is 0 Å². The molecule has 68 valence electrons. The standard InChI is InChI=1S/C10H9ClOS/c1-6-3-7(11)4-9-10(6)8(12-2)5-13-9/h3-5H,1-2H3. The van der Waals surface area contributed by atoms with Gasteiger partial charge >= 0.3 is 0 Å². The highest BCUT2D eigenvalue weighted by molar-refractivity contribution is 7.17. The van der Waals surface area contributed by atoms with E-state index in [0.29, 0.717) is 0 Å². The minimum atomic E-state index is 0.787. The molecule has 2 rings (SSSR count). The maximum atomic E-state index is 5.94. The van der Waals surface area contributed by atoms with Crippen LogP contribution in [0.4, 0.5) is 0 Å². The zero-order chi connectivity index (χ0) is 9.42. The minimum absolute atomic E-state index is 0.787. The quantitative estimate of drug-likeness (QED) is 0.697. The molecule has 0 bridgehead atoms. The van der Waals surface area contributed by atoms with E-state index < -0.39 is 0 Å². The van der Waals surface area contributed by atoms with Crippen LogP contribution in [0.2, 0.25) is 5.02 Å². The van der Waals surface area contributed by atoms with Crippen LogP contribution in [-0.2, 0) is 0 Å². The molecule has 1 heterocycles. The molecule has 0 fully saturated rings. The molecule has 13 heavy (non-hydrogen) atoms. The van der Waals surface area contributed by atoms with Gasteiger partial charge in [-0.15, -0.1) is 11.3 Å². The lowest BCUT2D eigenvalue weighted by molar-refractivity contribution is 0.421. The van der Waals surface area contributed by atoms with Gasteiger partial charge in [-0.1, -0.05) is 11.6 Å². The van der Waals surface area contributed by atoms with Gasteiger partial charge in [-0.2, -0.15) is 0 Å². The van der Waals surface area contributed by atoms with Crippen LogP contribution in [-0.4, -0.2) is 7.11 Å². The average Bonchev–Trinajstić information content (AvgIpc) is 2.47. The largest absolute Gasteiger partial charge is 0.495 e. The molecule has 0 saturated carbocycles. The highest BCUT2D eigenvalue weighted by Gasteiger charge is 2.07. The highest BCUT2D eigenvalue weighted by atomic mass is 35.5. The Kier molecular flexibility index (Phi) is 2.18. The van der Waals surface area contributed by atoms with Crippen molar-refractivity contribution in [2.24, 2.45) is 0 Å². The lowest BCUT2D eigenvalue weighted by atomic mass is 10.1. The van der Waals surface area contributed by atoms with E-state index in [1.807, 2.05) is 24.4 Å². The Morgan fingerprint density at radius 1 is 1.38 bits per heavy atom. The van der Waals surface area contributed by atoms with Gasteiger partial charge in [0, 0.05) is 20.5 Å². The first-order valence-electron chi connectivity index (χ1n) is 3.93. The molecule has 1 nitrogen and oxygen atoms in total. The van der Waals surface area contributed by atoms with Crippen LogP contribution < -0.4 is 4.74 Å². The van der Waals surface area contributed by atoms with E-state index in [9.17, 15) is 0 Å². The second-order valence-electron chi connectivity index (χ2n) is 2.90. The van der Waals surface area contributed by atoms with Crippen LogP contribution in [0.5, 0.6) is 5.75 Å². The summed E-state index contributed by atoms with van der Waals surface area (Å²) in [6, 6.07) is 3.93. The van der Waals surface area contributed by atoms with Crippen LogP contribution in [0.25, 0.3) is 10.1 Å². The number of methoxy groups -OCH3 is 1. The molecular weight excluding hydrogens is 204 g/mol. The number of aryl methyl sites for hydroxylation is 1. The molecule has 0 radical (unpaired) electrons. The Morgan fingerprint density at radius 2 is 2.15 bits per heavy atom. The summed E-state index contributed by atoms with van der Waals surface area (Å²) < 4.78 is 6.44. The van der Waals surface area contributed by atoms with E-state index in [-0.39, 0.29) is 0 Å². The van der Waals surface area contributed by atoms with Gasteiger partial charge < -0.3 is 4.74 Å². The van der Waals surface area contributed by atoms with E-state index >= 15 is 0 Å². The van der Waals surface area contributed by atoms with Crippen molar-refractivity contribution in [1.29, 1.82) is 0 Å². The first-order valence-corrected chi connectivity index (χ1v) is 5.19. The van der Waals surface area contributed by atoms with Crippen molar-refractivity contribution >= 4 is 33.0 Å². The van der Waals surface area contributed by atoms with Crippen molar-refractivity contribution in [2.45, 2.75) is 6.92 Å². The lowest BCUT2D eigenvalue weighted by Gasteiger charge is -2.00. The molecular formula is C10H9ClOS. The zero-order valence-electron chi connectivity index (χ0n) is 7.43. The Hall–Kier alpha value is -0.730. The Bertz CT molecular complexity index is 447. The summed E-state index contributed by atoms with van der Waals surface area (Å²) in [5, 5.41) is 3.97. The van der Waals surface area contributed by atoms with Crippen molar-refractivity contribution in [3.8, 4) is 5.75 Å². The fourth-order valence-corrected chi connectivity index (χ4v) is 2.81. The summed E-state index contributed by atoms with van der Waals surface area (Å²) in [5.41, 5.74) is 1.17. The predicted molar refractivity (Wildman–Crippen MR) is 58.1 cm³/mol. The zero-order valence-corrected chi connectivity index (χ0v) is 9.00. The van der Waals surface area contributed by atoms with Crippen LogP contribution in [0.15, 0.2) is 17.5 Å². The molecule has 0 saturated heterocycles. The van der Waals surface area contributed by atoms with Crippen LogP contribution in [0.3, 0.4) is 0 Å². The maximum absolute atomic E-state index is 5.94. The first-order chi connectivity index (χ1) is 6.22. The molecule has 0 aliphatic carbocycles. The molecule has 3 heteroatoms. The average molecular weight is 213 g/mol. The molecule has 0 N–H and O–H groups in total. The number of hydrogen-bond donors (Lipinski definition) is 0. The molecule has 2 aromatic rings. The number of ether oxygens (including phenoxy) is 1. The van der Waals surface area contributed by atoms with Gasteiger partial charge in [0.2, 0.25) is 0 Å². The third-order valence-electron chi connectivity index (χ3n) is 2.02. The minimum Gasteiger partial charge on any atom is -0.495 e. The highest BCUT2D eigenvalue weighted by Crippen LogP contribution is 2.36. The number of hydrogen-bond acceptors (Lipinski definition) is 2. The molecule has 0 amide bonds. The van der Waals surface area contributed by atoms with Gasteiger partial charge in [0.15, 0.2) is 0 Å². The van der Waals surface area contributed by atoms with Gasteiger partial charge in [-0.05, 0) is 24.6 Å². The number of fused-ring (bicyclic) bond motifs is 1. The Balaban J connectivity index is 2.82. The molecule has 1 aromatic carbocycles. The number of rotatable bonds is 1. The molecule has 0 spiro atoms. The molecule has 0 unspecified atom stereocenters. The summed E-state index contributed by atoms with van der Waals surface area (Å²) in [7, 11) is 1.69. The van der Waals surface area contributed by atoms with Crippen LogP contribution in [0, 0.1) is 6.92 Å². The fourth-order valence-electron chi connectivity index (χ4n) is 1.45. The fraction of sp³-hybridized carbons (Fsp3) is 0.200. The summed E-state index contributed by atoms with van der Waals surface area (Å²) in [6.45, 7) is 2.05. The lowest BCUT2D eigenvalue weighted by Crippen LogP contribution is -1.81. The van der Waals surface area contributed by atoms with Gasteiger partial charge in [0.1, 0.15) is 5.75 Å². The van der Waals surface area contributed by atoms with Crippen molar-refractivity contribution in [1.82, 2.24) is 0 Å². The second kappa shape index (κ2) is 3.20. The predicted octanol–water partition coefficient (Wildman–Crippen LogP) is 3.87. The summed E-state index contributed by atoms with van der Waals surface area (Å²) >= 11 is 7.60. The third kappa shape index (κ3) is 1.40. The Morgan fingerprint density at radius 3 is 2.85 bits per heavy atom. The van der Waals surface area contributed by atoms with E-state index in [4.69, 9.17) is 16.3 Å².